The van der Waals surface area contributed by atoms with Crippen LogP contribution >= 0.6 is 23.2 Å². The fraction of sp³-hybridized carbons (Fsp3) is 0.111. The summed E-state index contributed by atoms with van der Waals surface area (Å²) >= 11 is 11.4. The number of hydrogen-bond acceptors (Lipinski definition) is 2. The van der Waals surface area contributed by atoms with Gasteiger partial charge >= 0.3 is 5.97 Å². The summed E-state index contributed by atoms with van der Waals surface area (Å²) in [5.41, 5.74) is 0.00977. The first-order valence-corrected chi connectivity index (χ1v) is 4.68. The number of hydrogen-bond donors (Lipinski definition) is 2. The van der Waals surface area contributed by atoms with E-state index >= 15 is 0 Å². The number of rotatable bonds is 2. The molecule has 0 bridgehead atoms. The van der Waals surface area contributed by atoms with Crippen molar-refractivity contribution >= 4 is 40.8 Å². The Labute approximate surface area is 95.8 Å². The summed E-state index contributed by atoms with van der Waals surface area (Å²) in [5.74, 6) is -1.58. The Morgan fingerprint density at radius 1 is 1.33 bits per heavy atom. The van der Waals surface area contributed by atoms with E-state index < -0.39 is 5.97 Å². The van der Waals surface area contributed by atoms with Crippen molar-refractivity contribution < 1.29 is 14.7 Å². The van der Waals surface area contributed by atoms with Gasteiger partial charge in [-0.05, 0) is 12.1 Å². The second-order valence-corrected chi connectivity index (χ2v) is 3.56. The van der Waals surface area contributed by atoms with Gasteiger partial charge in [0.2, 0.25) is 5.91 Å². The number of carboxylic acid groups (broad SMARTS) is 1. The molecule has 1 amide bonds. The molecule has 2 N–H and O–H groups in total. The molecule has 0 atom stereocenters. The van der Waals surface area contributed by atoms with Crippen LogP contribution in [-0.4, -0.2) is 17.0 Å². The van der Waals surface area contributed by atoms with E-state index in [9.17, 15) is 9.59 Å². The van der Waals surface area contributed by atoms with Crippen LogP contribution in [0.5, 0.6) is 0 Å². The Kier molecular flexibility index (Phi) is 3.55. The summed E-state index contributed by atoms with van der Waals surface area (Å²) in [4.78, 5) is 21.6. The Morgan fingerprint density at radius 2 is 1.93 bits per heavy atom. The number of carboxylic acids is 1. The van der Waals surface area contributed by atoms with Gasteiger partial charge < -0.3 is 10.4 Å². The number of benzene rings is 1. The zero-order valence-corrected chi connectivity index (χ0v) is 9.19. The maximum Gasteiger partial charge on any atom is 0.338 e. The number of anilines is 1. The highest BCUT2D eigenvalue weighted by molar-refractivity contribution is 6.41. The van der Waals surface area contributed by atoms with E-state index in [1.54, 1.807) is 0 Å². The van der Waals surface area contributed by atoms with E-state index in [-0.39, 0.29) is 27.2 Å². The van der Waals surface area contributed by atoms with E-state index in [1.165, 1.54) is 19.1 Å². The van der Waals surface area contributed by atoms with E-state index in [0.717, 1.165) is 0 Å². The molecule has 0 fully saturated rings. The lowest BCUT2D eigenvalue weighted by molar-refractivity contribution is -0.114. The lowest BCUT2D eigenvalue weighted by Crippen LogP contribution is -2.08. The van der Waals surface area contributed by atoms with Crippen molar-refractivity contribution in [2.45, 2.75) is 6.92 Å². The molecular formula is C9H7Cl2NO3. The highest BCUT2D eigenvalue weighted by atomic mass is 35.5. The molecule has 0 unspecified atom stereocenters. The Morgan fingerprint density at radius 3 is 2.40 bits per heavy atom. The molecular weight excluding hydrogens is 241 g/mol. The van der Waals surface area contributed by atoms with Crippen molar-refractivity contribution in [1.29, 1.82) is 0 Å². The molecule has 0 aliphatic carbocycles. The Hall–Kier alpha value is -1.26. The van der Waals surface area contributed by atoms with Crippen molar-refractivity contribution in [1.82, 2.24) is 0 Å². The van der Waals surface area contributed by atoms with Crippen LogP contribution in [0.2, 0.25) is 10.0 Å². The van der Waals surface area contributed by atoms with Crippen molar-refractivity contribution in [3.8, 4) is 0 Å². The molecule has 0 saturated heterocycles. The number of carbonyl (C=O) groups is 2. The summed E-state index contributed by atoms with van der Waals surface area (Å²) in [6, 6.07) is 2.81. The molecule has 1 aromatic carbocycles. The Balaban J connectivity index is 3.28. The number of nitrogens with one attached hydrogen (secondary N) is 1. The molecule has 6 heteroatoms. The third-order valence-electron chi connectivity index (χ3n) is 1.62. The van der Waals surface area contributed by atoms with Gasteiger partial charge in [-0.2, -0.15) is 0 Å². The van der Waals surface area contributed by atoms with Gasteiger partial charge in [0.1, 0.15) is 0 Å². The standard InChI is InChI=1S/C9H7Cl2NO3/c1-4(13)12-6-3-2-5(10)7(8(6)11)9(14)15/h2-3H,1H3,(H,12,13)(H,14,15). The zero-order chi connectivity index (χ0) is 11.6. The van der Waals surface area contributed by atoms with Crippen LogP contribution in [0.15, 0.2) is 12.1 Å². The van der Waals surface area contributed by atoms with E-state index in [0.29, 0.717) is 0 Å². The lowest BCUT2D eigenvalue weighted by atomic mass is 10.2. The fourth-order valence-electron chi connectivity index (χ4n) is 1.03. The summed E-state index contributed by atoms with van der Waals surface area (Å²) in [6.45, 7) is 1.30. The minimum Gasteiger partial charge on any atom is -0.478 e. The van der Waals surface area contributed by atoms with Crippen LogP contribution in [0.4, 0.5) is 5.69 Å². The summed E-state index contributed by atoms with van der Waals surface area (Å²) in [7, 11) is 0. The van der Waals surface area contributed by atoms with Crippen LogP contribution in [0.3, 0.4) is 0 Å². The van der Waals surface area contributed by atoms with Crippen LogP contribution in [0.1, 0.15) is 17.3 Å². The van der Waals surface area contributed by atoms with Gasteiger partial charge in [-0.15, -0.1) is 0 Å². The van der Waals surface area contributed by atoms with Gasteiger partial charge in [-0.1, -0.05) is 23.2 Å². The van der Waals surface area contributed by atoms with Crippen molar-refractivity contribution in [3.05, 3.63) is 27.7 Å². The SMILES string of the molecule is CC(=O)Nc1ccc(Cl)c(C(=O)O)c1Cl. The smallest absolute Gasteiger partial charge is 0.338 e. The molecule has 0 aliphatic heterocycles. The average Bonchev–Trinajstić information content (AvgIpc) is 2.09. The topological polar surface area (TPSA) is 66.4 Å². The molecule has 0 radical (unpaired) electrons. The highest BCUT2D eigenvalue weighted by Gasteiger charge is 2.17. The van der Waals surface area contributed by atoms with Gasteiger partial charge in [-0.25, -0.2) is 4.79 Å². The second kappa shape index (κ2) is 4.51. The minimum absolute atomic E-state index is 0.0293. The second-order valence-electron chi connectivity index (χ2n) is 2.77. The molecule has 0 aromatic heterocycles. The van der Waals surface area contributed by atoms with Crippen LogP contribution in [0, 0.1) is 0 Å². The summed E-state index contributed by atoms with van der Waals surface area (Å²) < 4.78 is 0. The van der Waals surface area contributed by atoms with E-state index in [4.69, 9.17) is 28.3 Å². The average molecular weight is 248 g/mol. The highest BCUT2D eigenvalue weighted by Crippen LogP contribution is 2.31. The predicted molar refractivity (Wildman–Crippen MR) is 57.7 cm³/mol. The van der Waals surface area contributed by atoms with E-state index in [2.05, 4.69) is 5.32 Å². The molecule has 0 aliphatic rings. The largest absolute Gasteiger partial charge is 0.478 e. The van der Waals surface area contributed by atoms with Gasteiger partial charge in [0.15, 0.2) is 0 Å². The third kappa shape index (κ3) is 2.61. The van der Waals surface area contributed by atoms with Crippen LogP contribution in [0.25, 0.3) is 0 Å². The minimum atomic E-state index is -1.24. The first-order chi connectivity index (χ1) is 6.93. The lowest BCUT2D eigenvalue weighted by Gasteiger charge is -2.08. The maximum absolute atomic E-state index is 10.8. The van der Waals surface area contributed by atoms with Crippen molar-refractivity contribution in [2.24, 2.45) is 0 Å². The first kappa shape index (κ1) is 11.8. The maximum atomic E-state index is 10.8. The quantitative estimate of drug-likeness (QED) is 0.845. The van der Waals surface area contributed by atoms with Crippen molar-refractivity contribution in [2.75, 3.05) is 5.32 Å². The number of carbonyl (C=O) groups excluding carboxylic acids is 1. The molecule has 80 valence electrons. The van der Waals surface area contributed by atoms with Crippen LogP contribution < -0.4 is 5.32 Å². The normalized spacial score (nSPS) is 9.80. The number of halogens is 2. The predicted octanol–water partition coefficient (Wildman–Crippen LogP) is 2.65. The number of aromatic carboxylic acids is 1. The molecule has 0 saturated carbocycles. The molecule has 1 aromatic rings. The van der Waals surface area contributed by atoms with Crippen molar-refractivity contribution in [3.63, 3.8) is 0 Å². The summed E-state index contributed by atoms with van der Waals surface area (Å²) in [6.07, 6.45) is 0. The number of amides is 1. The molecule has 4 nitrogen and oxygen atoms in total. The van der Waals surface area contributed by atoms with E-state index in [1.807, 2.05) is 0 Å². The monoisotopic (exact) mass is 247 g/mol. The Bertz CT molecular complexity index is 432. The third-order valence-corrected chi connectivity index (χ3v) is 2.32. The molecule has 15 heavy (non-hydrogen) atoms. The molecule has 0 spiro atoms. The van der Waals surface area contributed by atoms with Gasteiger partial charge in [0.25, 0.3) is 0 Å². The van der Waals surface area contributed by atoms with Gasteiger partial charge in [0, 0.05) is 6.92 Å². The molecule has 1 rings (SSSR count). The van der Waals surface area contributed by atoms with Gasteiger partial charge in [-0.3, -0.25) is 4.79 Å². The molecule has 0 heterocycles. The fourth-order valence-corrected chi connectivity index (χ4v) is 1.61. The zero-order valence-electron chi connectivity index (χ0n) is 7.67. The first-order valence-electron chi connectivity index (χ1n) is 3.92. The van der Waals surface area contributed by atoms with Crippen LogP contribution in [-0.2, 0) is 4.79 Å². The van der Waals surface area contributed by atoms with Gasteiger partial charge in [0.05, 0.1) is 21.3 Å². The summed E-state index contributed by atoms with van der Waals surface area (Å²) in [5, 5.41) is 11.2.